The number of rotatable bonds is 10. The minimum absolute atomic E-state index is 0.458. The molecular formula is C24H25N3O3S. The Morgan fingerprint density at radius 3 is 2.58 bits per heavy atom. The molecule has 0 unspecified atom stereocenters. The standard InChI is InChI=1S/C24H25N3O3S/c1-4-5-12-30-20-9-7-19(8-10-20)26-15-18(14-25)24-27-21(16-31-24)17-6-11-22(28-2)23(13-17)29-3/h6-11,13,15-16,26H,4-5,12H2,1-3H3/b18-15+. The Balaban J connectivity index is 1.71. The molecular weight excluding hydrogens is 410 g/mol. The van der Waals surface area contributed by atoms with E-state index in [9.17, 15) is 5.26 Å². The van der Waals surface area contributed by atoms with Crippen molar-refractivity contribution in [3.8, 4) is 34.6 Å². The lowest BCUT2D eigenvalue weighted by Crippen LogP contribution is -1.96. The molecule has 1 aromatic heterocycles. The first-order valence-corrected chi connectivity index (χ1v) is 10.8. The fraction of sp³-hybridized carbons (Fsp3) is 0.250. The van der Waals surface area contributed by atoms with Crippen molar-refractivity contribution in [2.75, 3.05) is 26.1 Å². The van der Waals surface area contributed by atoms with Crippen LogP contribution in [0.15, 0.2) is 54.0 Å². The van der Waals surface area contributed by atoms with E-state index in [1.807, 2.05) is 47.8 Å². The maximum absolute atomic E-state index is 9.60. The summed E-state index contributed by atoms with van der Waals surface area (Å²) in [5, 5.41) is 15.3. The van der Waals surface area contributed by atoms with Gasteiger partial charge < -0.3 is 19.5 Å². The van der Waals surface area contributed by atoms with Gasteiger partial charge in [-0.1, -0.05) is 13.3 Å². The fourth-order valence-electron chi connectivity index (χ4n) is 2.80. The van der Waals surface area contributed by atoms with Crippen LogP contribution in [0.2, 0.25) is 0 Å². The van der Waals surface area contributed by atoms with Crippen molar-refractivity contribution in [2.45, 2.75) is 19.8 Å². The molecule has 1 N–H and O–H groups in total. The number of hydrogen-bond acceptors (Lipinski definition) is 7. The molecule has 0 saturated carbocycles. The molecule has 0 aliphatic carbocycles. The lowest BCUT2D eigenvalue weighted by Gasteiger charge is -2.08. The molecule has 0 aliphatic heterocycles. The first-order chi connectivity index (χ1) is 15.2. The van der Waals surface area contributed by atoms with Crippen LogP contribution in [0.1, 0.15) is 24.8 Å². The van der Waals surface area contributed by atoms with E-state index in [1.54, 1.807) is 20.4 Å². The van der Waals surface area contributed by atoms with Crippen molar-refractivity contribution < 1.29 is 14.2 Å². The van der Waals surface area contributed by atoms with Crippen LogP contribution in [0, 0.1) is 11.3 Å². The van der Waals surface area contributed by atoms with E-state index in [-0.39, 0.29) is 0 Å². The summed E-state index contributed by atoms with van der Waals surface area (Å²) in [6.45, 7) is 2.85. The van der Waals surface area contributed by atoms with Crippen molar-refractivity contribution in [1.82, 2.24) is 4.98 Å². The highest BCUT2D eigenvalue weighted by Crippen LogP contribution is 2.33. The van der Waals surface area contributed by atoms with E-state index >= 15 is 0 Å². The average Bonchev–Trinajstić information content (AvgIpc) is 3.30. The summed E-state index contributed by atoms with van der Waals surface area (Å²) < 4.78 is 16.3. The molecule has 0 bridgehead atoms. The lowest BCUT2D eigenvalue weighted by atomic mass is 10.1. The van der Waals surface area contributed by atoms with Crippen LogP contribution >= 0.6 is 11.3 Å². The smallest absolute Gasteiger partial charge is 0.161 e. The Kier molecular flexibility index (Phi) is 7.91. The molecule has 0 saturated heterocycles. The van der Waals surface area contributed by atoms with E-state index in [4.69, 9.17) is 14.2 Å². The van der Waals surface area contributed by atoms with Gasteiger partial charge in [0.15, 0.2) is 11.5 Å². The number of nitrogens with one attached hydrogen (secondary N) is 1. The largest absolute Gasteiger partial charge is 0.494 e. The number of nitriles is 1. The van der Waals surface area contributed by atoms with Gasteiger partial charge in [-0.25, -0.2) is 4.98 Å². The molecule has 0 spiro atoms. The van der Waals surface area contributed by atoms with Gasteiger partial charge in [0.05, 0.1) is 26.5 Å². The van der Waals surface area contributed by atoms with E-state index in [1.165, 1.54) is 11.3 Å². The van der Waals surface area contributed by atoms with Crippen LogP contribution < -0.4 is 19.5 Å². The van der Waals surface area contributed by atoms with Crippen molar-refractivity contribution in [3.63, 3.8) is 0 Å². The number of aromatic nitrogens is 1. The maximum Gasteiger partial charge on any atom is 0.161 e. The minimum atomic E-state index is 0.458. The number of allylic oxidation sites excluding steroid dienone is 1. The highest BCUT2D eigenvalue weighted by molar-refractivity contribution is 7.11. The summed E-state index contributed by atoms with van der Waals surface area (Å²) in [4.78, 5) is 4.62. The van der Waals surface area contributed by atoms with Gasteiger partial charge in [0.2, 0.25) is 0 Å². The van der Waals surface area contributed by atoms with Gasteiger partial charge in [-0.05, 0) is 48.9 Å². The third-order valence-electron chi connectivity index (χ3n) is 4.54. The van der Waals surface area contributed by atoms with Crippen molar-refractivity contribution in [1.29, 1.82) is 5.26 Å². The van der Waals surface area contributed by atoms with Crippen LogP contribution in [-0.2, 0) is 0 Å². The van der Waals surface area contributed by atoms with Crippen LogP contribution in [0.3, 0.4) is 0 Å². The summed E-state index contributed by atoms with van der Waals surface area (Å²) in [6.07, 6.45) is 3.81. The second-order valence-electron chi connectivity index (χ2n) is 6.65. The van der Waals surface area contributed by atoms with Crippen molar-refractivity contribution >= 4 is 22.6 Å². The number of anilines is 1. The quantitative estimate of drug-likeness (QED) is 0.312. The number of methoxy groups -OCH3 is 2. The molecule has 0 radical (unpaired) electrons. The van der Waals surface area contributed by atoms with Gasteiger partial charge in [0.25, 0.3) is 0 Å². The number of ether oxygens (including phenoxy) is 3. The van der Waals surface area contributed by atoms with Gasteiger partial charge in [-0.2, -0.15) is 5.26 Å². The number of benzene rings is 2. The minimum Gasteiger partial charge on any atom is -0.494 e. The van der Waals surface area contributed by atoms with Crippen LogP contribution in [0.4, 0.5) is 5.69 Å². The zero-order chi connectivity index (χ0) is 22.1. The monoisotopic (exact) mass is 435 g/mol. The second kappa shape index (κ2) is 11.0. The number of hydrogen-bond donors (Lipinski definition) is 1. The number of nitrogens with zero attached hydrogens (tertiary/aromatic N) is 2. The maximum atomic E-state index is 9.60. The van der Waals surface area contributed by atoms with Crippen LogP contribution in [0.25, 0.3) is 16.8 Å². The molecule has 3 rings (SSSR count). The number of thiazole rings is 1. The highest BCUT2D eigenvalue weighted by Gasteiger charge is 2.12. The van der Waals surface area contributed by atoms with E-state index < -0.39 is 0 Å². The van der Waals surface area contributed by atoms with E-state index in [2.05, 4.69) is 23.3 Å². The molecule has 1 heterocycles. The average molecular weight is 436 g/mol. The molecule has 0 atom stereocenters. The summed E-state index contributed by atoms with van der Waals surface area (Å²) in [7, 11) is 3.20. The topological polar surface area (TPSA) is 76.4 Å². The third kappa shape index (κ3) is 5.77. The Hall–Kier alpha value is -3.50. The third-order valence-corrected chi connectivity index (χ3v) is 5.41. The lowest BCUT2D eigenvalue weighted by molar-refractivity contribution is 0.309. The molecule has 7 heteroatoms. The zero-order valence-corrected chi connectivity index (χ0v) is 18.7. The van der Waals surface area contributed by atoms with Crippen LogP contribution in [0.5, 0.6) is 17.2 Å². The molecule has 6 nitrogen and oxygen atoms in total. The van der Waals surface area contributed by atoms with Crippen molar-refractivity contribution in [3.05, 3.63) is 59.1 Å². The Morgan fingerprint density at radius 2 is 1.90 bits per heavy atom. The van der Waals surface area contributed by atoms with Gasteiger partial charge in [0.1, 0.15) is 22.4 Å². The van der Waals surface area contributed by atoms with Crippen LogP contribution in [-0.4, -0.2) is 25.8 Å². The molecule has 0 aliphatic rings. The SMILES string of the molecule is CCCCOc1ccc(N/C=C(\C#N)c2nc(-c3ccc(OC)c(OC)c3)cs2)cc1. The van der Waals surface area contributed by atoms with Gasteiger partial charge in [-0.15, -0.1) is 11.3 Å². The Labute approximate surface area is 186 Å². The summed E-state index contributed by atoms with van der Waals surface area (Å²) in [5.74, 6) is 2.13. The molecule has 0 amide bonds. The molecule has 3 aromatic rings. The normalized spacial score (nSPS) is 11.0. The highest BCUT2D eigenvalue weighted by atomic mass is 32.1. The van der Waals surface area contributed by atoms with Gasteiger partial charge >= 0.3 is 0 Å². The first-order valence-electron chi connectivity index (χ1n) is 9.96. The van der Waals surface area contributed by atoms with E-state index in [0.717, 1.165) is 35.5 Å². The summed E-state index contributed by atoms with van der Waals surface area (Å²) >= 11 is 1.42. The predicted molar refractivity (Wildman–Crippen MR) is 125 cm³/mol. The Morgan fingerprint density at radius 1 is 1.13 bits per heavy atom. The van der Waals surface area contributed by atoms with Gasteiger partial charge in [0, 0.05) is 22.8 Å². The summed E-state index contributed by atoms with van der Waals surface area (Å²) in [5.41, 5.74) is 2.99. The molecule has 31 heavy (non-hydrogen) atoms. The van der Waals surface area contributed by atoms with Crippen molar-refractivity contribution in [2.24, 2.45) is 0 Å². The first kappa shape index (κ1) is 22.2. The van der Waals surface area contributed by atoms with E-state index in [0.29, 0.717) is 28.7 Å². The summed E-state index contributed by atoms with van der Waals surface area (Å²) in [6, 6.07) is 15.5. The van der Waals surface area contributed by atoms with Gasteiger partial charge in [-0.3, -0.25) is 0 Å². The molecule has 0 fully saturated rings. The second-order valence-corrected chi connectivity index (χ2v) is 7.51. The predicted octanol–water partition coefficient (Wildman–Crippen LogP) is 5.98. The molecule has 2 aromatic carbocycles. The molecule has 160 valence electrons. The number of unbranched alkanes of at least 4 members (excludes halogenated alkanes) is 1. The fourth-order valence-corrected chi connectivity index (χ4v) is 3.60. The zero-order valence-electron chi connectivity index (χ0n) is 17.8. The Bertz CT molecular complexity index is 1070.